The second kappa shape index (κ2) is 5.15. The van der Waals surface area contributed by atoms with E-state index in [1.165, 1.54) is 0 Å². The first-order valence-corrected chi connectivity index (χ1v) is 7.04. The molecule has 0 unspecified atom stereocenters. The van der Waals surface area contributed by atoms with E-state index in [9.17, 15) is 4.39 Å². The van der Waals surface area contributed by atoms with Crippen LogP contribution in [0.5, 0.6) is 0 Å². The summed E-state index contributed by atoms with van der Waals surface area (Å²) in [6.07, 6.45) is 1.80. The van der Waals surface area contributed by atoms with Crippen LogP contribution < -0.4 is 0 Å². The number of benzene rings is 2. The number of aromatic nitrogens is 2. The van der Waals surface area contributed by atoms with Crippen LogP contribution in [0.15, 0.2) is 71.3 Å². The molecule has 4 heteroatoms. The summed E-state index contributed by atoms with van der Waals surface area (Å²) in [5.74, 6) is 0.926. The molecule has 0 aliphatic carbocycles. The molecule has 0 aliphatic heterocycles. The third-order valence-corrected chi connectivity index (χ3v) is 3.64. The number of alkyl halides is 1. The zero-order chi connectivity index (χ0) is 14.9. The lowest BCUT2D eigenvalue weighted by Crippen LogP contribution is -1.96. The molecule has 0 fully saturated rings. The van der Waals surface area contributed by atoms with E-state index in [-0.39, 0.29) is 0 Å². The summed E-state index contributed by atoms with van der Waals surface area (Å²) in [4.78, 5) is 0. The van der Waals surface area contributed by atoms with Crippen LogP contribution in [0.25, 0.3) is 27.9 Å². The molecular formula is C18H13FN2O. The molecule has 0 saturated carbocycles. The Hall–Kier alpha value is -2.88. The van der Waals surface area contributed by atoms with Crippen molar-refractivity contribution in [2.75, 3.05) is 0 Å². The minimum atomic E-state index is -0.640. The Bertz CT molecular complexity index is 925. The molecule has 4 aromatic rings. The molecule has 0 saturated heterocycles. The van der Waals surface area contributed by atoms with Crippen LogP contribution in [0.4, 0.5) is 4.39 Å². The van der Waals surface area contributed by atoms with Gasteiger partial charge in [-0.2, -0.15) is 5.10 Å². The first-order valence-electron chi connectivity index (χ1n) is 7.04. The second-order valence-electron chi connectivity index (χ2n) is 5.04. The van der Waals surface area contributed by atoms with Crippen molar-refractivity contribution in [3.8, 4) is 17.0 Å². The average Bonchev–Trinajstić information content (AvgIpc) is 3.19. The van der Waals surface area contributed by atoms with Crippen LogP contribution in [0.2, 0.25) is 0 Å². The number of nitrogens with zero attached hydrogens (tertiary/aromatic N) is 2. The number of hydrogen-bond acceptors (Lipinski definition) is 2. The molecule has 2 aromatic heterocycles. The largest absolute Gasteiger partial charge is 0.456 e. The Labute approximate surface area is 126 Å². The van der Waals surface area contributed by atoms with Crippen LogP contribution in [-0.4, -0.2) is 9.78 Å². The summed E-state index contributed by atoms with van der Waals surface area (Å²) in [7, 11) is 0. The summed E-state index contributed by atoms with van der Waals surface area (Å²) in [6, 6.07) is 19.3. The van der Waals surface area contributed by atoms with E-state index in [0.29, 0.717) is 11.5 Å². The van der Waals surface area contributed by atoms with Crippen molar-refractivity contribution in [1.82, 2.24) is 9.78 Å². The monoisotopic (exact) mass is 292 g/mol. The smallest absolute Gasteiger partial charge is 0.160 e. The number of furan rings is 1. The van der Waals surface area contributed by atoms with Gasteiger partial charge in [0.1, 0.15) is 18.1 Å². The average molecular weight is 292 g/mol. The van der Waals surface area contributed by atoms with Gasteiger partial charge in [-0.25, -0.2) is 9.07 Å². The molecule has 2 heterocycles. The van der Waals surface area contributed by atoms with Crippen LogP contribution in [0, 0.1) is 0 Å². The predicted octanol–water partition coefficient (Wildman–Crippen LogP) is 4.76. The topological polar surface area (TPSA) is 31.0 Å². The third-order valence-electron chi connectivity index (χ3n) is 3.64. The van der Waals surface area contributed by atoms with E-state index in [4.69, 9.17) is 4.42 Å². The van der Waals surface area contributed by atoms with E-state index in [1.807, 2.05) is 54.6 Å². The fourth-order valence-corrected chi connectivity index (χ4v) is 2.61. The maximum Gasteiger partial charge on any atom is 0.160 e. The lowest BCUT2D eigenvalue weighted by atomic mass is 10.1. The molecule has 0 bridgehead atoms. The predicted molar refractivity (Wildman–Crippen MR) is 83.6 cm³/mol. The number of fused-ring (bicyclic) bond motifs is 1. The highest BCUT2D eigenvalue weighted by Gasteiger charge is 2.17. The molecule has 0 amide bonds. The molecule has 0 N–H and O–H groups in total. The van der Waals surface area contributed by atoms with Gasteiger partial charge in [-0.15, -0.1) is 0 Å². The molecule has 0 spiro atoms. The number of hydrogen-bond donors (Lipinski definition) is 0. The first-order chi connectivity index (χ1) is 10.9. The van der Waals surface area contributed by atoms with Crippen molar-refractivity contribution in [3.05, 3.63) is 72.6 Å². The molecular weight excluding hydrogens is 279 g/mol. The van der Waals surface area contributed by atoms with Gasteiger partial charge in [-0.1, -0.05) is 48.5 Å². The molecule has 108 valence electrons. The van der Waals surface area contributed by atoms with Crippen LogP contribution in [-0.2, 0) is 6.67 Å². The van der Waals surface area contributed by atoms with E-state index >= 15 is 0 Å². The van der Waals surface area contributed by atoms with Gasteiger partial charge >= 0.3 is 0 Å². The van der Waals surface area contributed by atoms with E-state index in [1.54, 1.807) is 16.9 Å². The number of para-hydroxylation sites is 1. The Balaban J connectivity index is 1.97. The normalized spacial score (nSPS) is 11.1. The van der Waals surface area contributed by atoms with Gasteiger partial charge < -0.3 is 4.42 Å². The SMILES string of the molecule is FCc1cc(-n2ncc3ccccc32)c(-c2ccccc2)o1. The quantitative estimate of drug-likeness (QED) is 0.545. The van der Waals surface area contributed by atoms with Crippen LogP contribution in [0.3, 0.4) is 0 Å². The van der Waals surface area contributed by atoms with E-state index < -0.39 is 6.67 Å². The molecule has 0 atom stereocenters. The minimum absolute atomic E-state index is 0.299. The molecule has 3 nitrogen and oxygen atoms in total. The van der Waals surface area contributed by atoms with E-state index in [2.05, 4.69) is 5.10 Å². The van der Waals surface area contributed by atoms with Crippen molar-refractivity contribution in [2.24, 2.45) is 0 Å². The van der Waals surface area contributed by atoms with Crippen molar-refractivity contribution in [2.45, 2.75) is 6.67 Å². The van der Waals surface area contributed by atoms with Crippen molar-refractivity contribution in [1.29, 1.82) is 0 Å². The lowest BCUT2D eigenvalue weighted by Gasteiger charge is -2.04. The second-order valence-corrected chi connectivity index (χ2v) is 5.04. The highest BCUT2D eigenvalue weighted by atomic mass is 19.1. The van der Waals surface area contributed by atoms with Gasteiger partial charge in [0.15, 0.2) is 5.76 Å². The highest BCUT2D eigenvalue weighted by Crippen LogP contribution is 2.32. The van der Waals surface area contributed by atoms with Gasteiger partial charge in [0.2, 0.25) is 0 Å². The summed E-state index contributed by atoms with van der Waals surface area (Å²) in [5.41, 5.74) is 2.61. The Morgan fingerprint density at radius 3 is 2.59 bits per heavy atom. The fraction of sp³-hybridized carbons (Fsp3) is 0.0556. The van der Waals surface area contributed by atoms with E-state index in [0.717, 1.165) is 22.2 Å². The van der Waals surface area contributed by atoms with Gasteiger partial charge in [-0.3, -0.25) is 0 Å². The van der Waals surface area contributed by atoms with Gasteiger partial charge in [-0.05, 0) is 6.07 Å². The van der Waals surface area contributed by atoms with Crippen LogP contribution >= 0.6 is 0 Å². The van der Waals surface area contributed by atoms with Crippen molar-refractivity contribution in [3.63, 3.8) is 0 Å². The lowest BCUT2D eigenvalue weighted by molar-refractivity contribution is 0.398. The van der Waals surface area contributed by atoms with Crippen LogP contribution in [0.1, 0.15) is 5.76 Å². The summed E-state index contributed by atoms with van der Waals surface area (Å²) in [5, 5.41) is 5.47. The Kier molecular flexibility index (Phi) is 3.00. The van der Waals surface area contributed by atoms with Gasteiger partial charge in [0, 0.05) is 17.0 Å². The standard InChI is InChI=1S/C18H13FN2O/c19-11-15-10-17(18(22-15)13-6-2-1-3-7-13)21-16-9-5-4-8-14(16)12-20-21/h1-10,12H,11H2. The number of halogens is 1. The third kappa shape index (κ3) is 2.00. The molecule has 0 radical (unpaired) electrons. The van der Waals surface area contributed by atoms with Crippen molar-refractivity contribution >= 4 is 10.9 Å². The molecule has 0 aliphatic rings. The zero-order valence-electron chi connectivity index (χ0n) is 11.7. The minimum Gasteiger partial charge on any atom is -0.456 e. The maximum atomic E-state index is 13.1. The summed E-state index contributed by atoms with van der Waals surface area (Å²) >= 11 is 0. The Morgan fingerprint density at radius 1 is 1.00 bits per heavy atom. The first kappa shape index (κ1) is 12.8. The number of rotatable bonds is 3. The summed E-state index contributed by atoms with van der Waals surface area (Å²) < 4.78 is 20.5. The molecule has 4 rings (SSSR count). The molecule has 2 aromatic carbocycles. The van der Waals surface area contributed by atoms with Gasteiger partial charge in [0.25, 0.3) is 0 Å². The Morgan fingerprint density at radius 2 is 1.77 bits per heavy atom. The summed E-state index contributed by atoms with van der Waals surface area (Å²) in [6.45, 7) is -0.640. The molecule has 22 heavy (non-hydrogen) atoms. The van der Waals surface area contributed by atoms with Crippen molar-refractivity contribution < 1.29 is 8.81 Å². The fourth-order valence-electron chi connectivity index (χ4n) is 2.61. The zero-order valence-corrected chi connectivity index (χ0v) is 11.7. The van der Waals surface area contributed by atoms with Gasteiger partial charge in [0.05, 0.1) is 11.7 Å². The maximum absolute atomic E-state index is 13.1. The highest BCUT2D eigenvalue weighted by molar-refractivity contribution is 5.82.